The van der Waals surface area contributed by atoms with Crippen LogP contribution in [0.3, 0.4) is 0 Å². The van der Waals surface area contributed by atoms with E-state index in [0.717, 1.165) is 0 Å². The third kappa shape index (κ3) is 4.59. The molecule has 1 N–H and O–H groups in total. The highest BCUT2D eigenvalue weighted by Gasteiger charge is 2.28. The Bertz CT molecular complexity index is 968. The van der Waals surface area contributed by atoms with Gasteiger partial charge in [-0.3, -0.25) is 9.10 Å². The Kier molecular flexibility index (Phi) is 5.71. The number of carbonyl (C=O) groups excluding carboxylic acids is 1. The number of halogens is 2. The van der Waals surface area contributed by atoms with Crippen LogP contribution in [0.1, 0.15) is 13.3 Å². The highest BCUT2D eigenvalue weighted by atomic mass is 79.9. The fraction of sp³-hybridized carbons (Fsp3) is 0.278. The lowest BCUT2D eigenvalue weighted by molar-refractivity contribution is -0.122. The number of nitrogens with zero attached hydrogens (tertiary/aromatic N) is 1. The largest absolute Gasteiger partial charge is 0.480 e. The van der Waals surface area contributed by atoms with Crippen molar-refractivity contribution in [2.75, 3.05) is 21.9 Å². The molecule has 0 bridgehead atoms. The van der Waals surface area contributed by atoms with Crippen LogP contribution in [0.2, 0.25) is 0 Å². The summed E-state index contributed by atoms with van der Waals surface area (Å²) in [5.41, 5.74) is 0.980. The van der Waals surface area contributed by atoms with Gasteiger partial charge in [0.1, 0.15) is 11.6 Å². The van der Waals surface area contributed by atoms with E-state index < -0.39 is 27.9 Å². The summed E-state index contributed by atoms with van der Waals surface area (Å²) in [4.78, 5) is 12.4. The van der Waals surface area contributed by atoms with Crippen molar-refractivity contribution in [1.29, 1.82) is 0 Å². The summed E-state index contributed by atoms with van der Waals surface area (Å²) in [6.07, 6.45) is -0.262. The minimum atomic E-state index is -3.29. The Morgan fingerprint density at radius 3 is 2.74 bits per heavy atom. The summed E-state index contributed by atoms with van der Waals surface area (Å²) in [5.74, 6) is -0.357. The minimum absolute atomic E-state index is 0.126. The predicted octanol–water partition coefficient (Wildman–Crippen LogP) is 3.53. The van der Waals surface area contributed by atoms with E-state index in [9.17, 15) is 17.6 Å². The first-order chi connectivity index (χ1) is 12.8. The maximum atomic E-state index is 13.1. The third-order valence-corrected chi connectivity index (χ3v) is 6.56. The van der Waals surface area contributed by atoms with Gasteiger partial charge in [0.25, 0.3) is 5.91 Å². The fourth-order valence-electron chi connectivity index (χ4n) is 2.73. The van der Waals surface area contributed by atoms with Gasteiger partial charge < -0.3 is 10.1 Å². The molecular weight excluding hydrogens is 439 g/mol. The quantitative estimate of drug-likeness (QED) is 0.746. The molecule has 2 aromatic rings. The van der Waals surface area contributed by atoms with Crippen LogP contribution < -0.4 is 14.4 Å². The van der Waals surface area contributed by atoms with Gasteiger partial charge >= 0.3 is 0 Å². The summed E-state index contributed by atoms with van der Waals surface area (Å²) < 4.78 is 44.6. The molecule has 1 atom stereocenters. The van der Waals surface area contributed by atoms with Gasteiger partial charge in [-0.15, -0.1) is 0 Å². The summed E-state index contributed by atoms with van der Waals surface area (Å²) in [5, 5.41) is 2.71. The molecule has 2 aromatic carbocycles. The zero-order valence-corrected chi connectivity index (χ0v) is 16.9. The van der Waals surface area contributed by atoms with Crippen LogP contribution in [-0.4, -0.2) is 32.7 Å². The normalized spacial score (nSPS) is 16.8. The van der Waals surface area contributed by atoms with E-state index in [-0.39, 0.29) is 5.75 Å². The van der Waals surface area contributed by atoms with Crippen molar-refractivity contribution in [1.82, 2.24) is 0 Å². The Morgan fingerprint density at radius 1 is 1.30 bits per heavy atom. The van der Waals surface area contributed by atoms with Crippen molar-refractivity contribution >= 4 is 43.2 Å². The monoisotopic (exact) mass is 456 g/mol. The molecule has 1 saturated heterocycles. The zero-order chi connectivity index (χ0) is 19.6. The Labute approximate surface area is 165 Å². The summed E-state index contributed by atoms with van der Waals surface area (Å²) in [6.45, 7) is 2.00. The first kappa shape index (κ1) is 19.6. The molecule has 0 aromatic heterocycles. The molecule has 1 heterocycles. The molecule has 144 valence electrons. The first-order valence-corrected chi connectivity index (χ1v) is 10.7. The SMILES string of the molecule is CC(Oc1ccc(F)cc1Br)C(=O)Nc1cccc(N2CCCS2(=O)=O)c1. The van der Waals surface area contributed by atoms with Gasteiger partial charge in [-0.2, -0.15) is 0 Å². The molecule has 27 heavy (non-hydrogen) atoms. The van der Waals surface area contributed by atoms with Gasteiger partial charge in [0.15, 0.2) is 6.10 Å². The molecule has 9 heteroatoms. The molecule has 1 amide bonds. The van der Waals surface area contributed by atoms with Crippen LogP contribution in [0.25, 0.3) is 0 Å². The van der Waals surface area contributed by atoms with E-state index in [0.29, 0.717) is 34.6 Å². The van der Waals surface area contributed by atoms with E-state index >= 15 is 0 Å². The topological polar surface area (TPSA) is 75.7 Å². The molecule has 0 saturated carbocycles. The average molecular weight is 457 g/mol. The van der Waals surface area contributed by atoms with Crippen LogP contribution in [0.15, 0.2) is 46.9 Å². The van der Waals surface area contributed by atoms with Gasteiger partial charge in [0.2, 0.25) is 10.0 Å². The number of amides is 1. The predicted molar refractivity (Wildman–Crippen MR) is 105 cm³/mol. The van der Waals surface area contributed by atoms with Gasteiger partial charge in [0, 0.05) is 12.2 Å². The molecule has 1 aliphatic rings. The molecular formula is C18H18BrFN2O4S. The Morgan fingerprint density at radius 2 is 2.07 bits per heavy atom. The highest BCUT2D eigenvalue weighted by molar-refractivity contribution is 9.10. The summed E-state index contributed by atoms with van der Waals surface area (Å²) in [7, 11) is -3.29. The van der Waals surface area contributed by atoms with Gasteiger partial charge in [-0.1, -0.05) is 6.07 Å². The molecule has 1 fully saturated rings. The summed E-state index contributed by atoms with van der Waals surface area (Å²) in [6, 6.07) is 10.6. The number of ether oxygens (including phenoxy) is 1. The standard InChI is InChI=1S/C18H18BrFN2O4S/c1-12(26-17-7-6-13(20)10-16(17)19)18(23)21-14-4-2-5-15(11-14)22-8-3-9-27(22,24)25/h2,4-7,10-12H,3,8-9H2,1H3,(H,21,23). The highest BCUT2D eigenvalue weighted by Crippen LogP contribution is 2.28. The van der Waals surface area contributed by atoms with E-state index in [1.807, 2.05) is 0 Å². The van der Waals surface area contributed by atoms with Crippen molar-refractivity contribution in [2.24, 2.45) is 0 Å². The zero-order valence-electron chi connectivity index (χ0n) is 14.5. The molecule has 0 spiro atoms. The lowest BCUT2D eigenvalue weighted by atomic mass is 10.2. The van der Waals surface area contributed by atoms with Crippen LogP contribution in [0.4, 0.5) is 15.8 Å². The number of benzene rings is 2. The molecule has 1 unspecified atom stereocenters. The minimum Gasteiger partial charge on any atom is -0.480 e. The molecule has 1 aliphatic heterocycles. The second-order valence-corrected chi connectivity index (χ2v) is 8.98. The third-order valence-electron chi connectivity index (χ3n) is 4.07. The van der Waals surface area contributed by atoms with E-state index in [4.69, 9.17) is 4.74 Å². The molecule has 3 rings (SSSR count). The van der Waals surface area contributed by atoms with E-state index in [1.165, 1.54) is 22.5 Å². The smallest absolute Gasteiger partial charge is 0.265 e. The van der Waals surface area contributed by atoms with Crippen molar-refractivity contribution in [3.8, 4) is 5.75 Å². The number of rotatable bonds is 5. The van der Waals surface area contributed by atoms with E-state index in [2.05, 4.69) is 21.2 Å². The number of nitrogens with one attached hydrogen (secondary N) is 1. The lowest BCUT2D eigenvalue weighted by Crippen LogP contribution is -2.30. The van der Waals surface area contributed by atoms with Crippen molar-refractivity contribution in [3.63, 3.8) is 0 Å². The van der Waals surface area contributed by atoms with Gasteiger partial charge in [-0.05, 0) is 65.7 Å². The lowest BCUT2D eigenvalue weighted by Gasteiger charge is -2.19. The van der Waals surface area contributed by atoms with Crippen molar-refractivity contribution in [3.05, 3.63) is 52.8 Å². The number of hydrogen-bond donors (Lipinski definition) is 1. The first-order valence-electron chi connectivity index (χ1n) is 8.29. The number of sulfonamides is 1. The van der Waals surface area contributed by atoms with Gasteiger partial charge in [0.05, 0.1) is 15.9 Å². The Balaban J connectivity index is 1.69. The number of hydrogen-bond acceptors (Lipinski definition) is 4. The fourth-order valence-corrected chi connectivity index (χ4v) is 4.73. The molecule has 6 nitrogen and oxygen atoms in total. The average Bonchev–Trinajstić information content (AvgIpc) is 2.96. The second kappa shape index (κ2) is 7.85. The van der Waals surface area contributed by atoms with Crippen LogP contribution in [0.5, 0.6) is 5.75 Å². The van der Waals surface area contributed by atoms with E-state index in [1.54, 1.807) is 31.2 Å². The van der Waals surface area contributed by atoms with Gasteiger partial charge in [-0.25, -0.2) is 12.8 Å². The number of anilines is 2. The Hall–Kier alpha value is -2.13. The van der Waals surface area contributed by atoms with Crippen LogP contribution in [-0.2, 0) is 14.8 Å². The van der Waals surface area contributed by atoms with Crippen LogP contribution >= 0.6 is 15.9 Å². The maximum absolute atomic E-state index is 13.1. The summed E-state index contributed by atoms with van der Waals surface area (Å²) >= 11 is 3.19. The van der Waals surface area contributed by atoms with Crippen molar-refractivity contribution < 1.29 is 22.3 Å². The molecule has 0 aliphatic carbocycles. The van der Waals surface area contributed by atoms with Crippen molar-refractivity contribution in [2.45, 2.75) is 19.4 Å². The molecule has 0 radical (unpaired) electrons. The second-order valence-electron chi connectivity index (χ2n) is 6.12. The van der Waals surface area contributed by atoms with Crippen LogP contribution in [0, 0.1) is 5.82 Å². The maximum Gasteiger partial charge on any atom is 0.265 e. The number of carbonyl (C=O) groups is 1.